The number of unbranched alkanes of at least 4 members (excludes halogenated alkanes) is 1. The van der Waals surface area contributed by atoms with Crippen LogP contribution in [0.5, 0.6) is 0 Å². The average Bonchev–Trinajstić information content (AvgIpc) is 3.26. The number of aromatic nitrogens is 2. The zero-order chi connectivity index (χ0) is 20.6. The van der Waals surface area contributed by atoms with Gasteiger partial charge in [-0.1, -0.05) is 49.5 Å². The highest BCUT2D eigenvalue weighted by atomic mass is 35.5. The van der Waals surface area contributed by atoms with Gasteiger partial charge in [0, 0.05) is 44.7 Å². The molecule has 7 nitrogen and oxygen atoms in total. The number of nitrogens with one attached hydrogen (secondary N) is 1. The Morgan fingerprint density at radius 2 is 1.93 bits per heavy atom. The fourth-order valence-electron chi connectivity index (χ4n) is 3.78. The predicted octanol–water partition coefficient (Wildman–Crippen LogP) is 2.98. The number of amides is 2. The van der Waals surface area contributed by atoms with E-state index in [0.717, 1.165) is 44.6 Å². The fourth-order valence-corrected chi connectivity index (χ4v) is 4.70. The summed E-state index contributed by atoms with van der Waals surface area (Å²) in [4.78, 5) is 37.5. The molecule has 3 rings (SSSR count). The lowest BCUT2D eigenvalue weighted by Gasteiger charge is -2.36. The molecule has 0 unspecified atom stereocenters. The van der Waals surface area contributed by atoms with Gasteiger partial charge in [-0.3, -0.25) is 9.59 Å². The Bertz CT molecular complexity index is 706. The Morgan fingerprint density at radius 1 is 1.21 bits per heavy atom. The molecule has 9 heteroatoms. The number of hydrogen-bond acceptors (Lipinski definition) is 6. The highest BCUT2D eigenvalue weighted by molar-refractivity contribution is 7.99. The van der Waals surface area contributed by atoms with Crippen molar-refractivity contribution in [3.63, 3.8) is 0 Å². The largest absolute Gasteiger partial charge is 0.355 e. The van der Waals surface area contributed by atoms with Crippen LogP contribution in [-0.2, 0) is 9.59 Å². The van der Waals surface area contributed by atoms with Crippen molar-refractivity contribution in [2.24, 2.45) is 5.92 Å². The second-order valence-corrected chi connectivity index (χ2v) is 8.95. The molecule has 1 aromatic heterocycles. The Hall–Kier alpha value is -1.54. The summed E-state index contributed by atoms with van der Waals surface area (Å²) >= 11 is 7.49. The Labute approximate surface area is 182 Å². The van der Waals surface area contributed by atoms with Crippen LogP contribution >= 0.6 is 23.4 Å². The quantitative estimate of drug-likeness (QED) is 0.290. The van der Waals surface area contributed by atoms with Crippen molar-refractivity contribution in [3.05, 3.63) is 11.2 Å². The van der Waals surface area contributed by atoms with Crippen LogP contribution in [-0.4, -0.2) is 65.2 Å². The summed E-state index contributed by atoms with van der Waals surface area (Å²) in [7, 11) is 0. The van der Waals surface area contributed by atoms with Crippen LogP contribution in [0.4, 0.5) is 5.82 Å². The van der Waals surface area contributed by atoms with E-state index in [9.17, 15) is 9.59 Å². The highest BCUT2D eigenvalue weighted by Gasteiger charge is 2.29. The molecular formula is C20H30ClN5O2S. The van der Waals surface area contributed by atoms with Gasteiger partial charge in [-0.2, -0.15) is 0 Å². The minimum absolute atomic E-state index is 0.0207. The summed E-state index contributed by atoms with van der Waals surface area (Å²) in [5.41, 5.74) is 0. The normalized spacial score (nSPS) is 17.6. The maximum atomic E-state index is 12.6. The maximum Gasteiger partial charge on any atom is 0.230 e. The summed E-state index contributed by atoms with van der Waals surface area (Å²) in [5, 5.41) is 3.76. The highest BCUT2D eigenvalue weighted by Crippen LogP contribution is 2.28. The van der Waals surface area contributed by atoms with E-state index in [1.54, 1.807) is 6.07 Å². The van der Waals surface area contributed by atoms with Crippen LogP contribution in [0, 0.1) is 5.92 Å². The van der Waals surface area contributed by atoms with E-state index in [2.05, 4.69) is 27.1 Å². The second-order valence-electron chi connectivity index (χ2n) is 7.62. The lowest BCUT2D eigenvalue weighted by molar-refractivity contribution is -0.135. The standard InChI is InChI=1S/C20H30ClN5O2S/c1-2-3-8-22-18(27)14-29-20-23-16(21)13-17(24-20)25-9-11-26(12-10-25)19(28)15-6-4-5-7-15/h13,15H,2-12,14H2,1H3,(H,22,27). The van der Waals surface area contributed by atoms with Crippen molar-refractivity contribution in [2.45, 2.75) is 50.6 Å². The van der Waals surface area contributed by atoms with E-state index in [0.29, 0.717) is 35.9 Å². The molecule has 1 aliphatic heterocycles. The fraction of sp³-hybridized carbons (Fsp3) is 0.700. The molecule has 0 bridgehead atoms. The first-order valence-electron chi connectivity index (χ1n) is 10.5. The van der Waals surface area contributed by atoms with E-state index in [-0.39, 0.29) is 17.6 Å². The number of piperazine rings is 1. The topological polar surface area (TPSA) is 78.4 Å². The molecule has 1 saturated heterocycles. The minimum Gasteiger partial charge on any atom is -0.355 e. The SMILES string of the molecule is CCCCNC(=O)CSc1nc(Cl)cc(N2CCN(C(=O)C3CCCC3)CC2)n1. The molecule has 2 aliphatic rings. The van der Waals surface area contributed by atoms with Crippen LogP contribution < -0.4 is 10.2 Å². The molecule has 0 aromatic carbocycles. The molecule has 1 aromatic rings. The molecule has 2 amide bonds. The molecule has 29 heavy (non-hydrogen) atoms. The minimum atomic E-state index is -0.0207. The van der Waals surface area contributed by atoms with E-state index in [1.165, 1.54) is 24.6 Å². The van der Waals surface area contributed by atoms with Gasteiger partial charge in [0.05, 0.1) is 5.75 Å². The van der Waals surface area contributed by atoms with E-state index >= 15 is 0 Å². The molecule has 1 N–H and O–H groups in total. The van der Waals surface area contributed by atoms with Gasteiger partial charge >= 0.3 is 0 Å². The average molecular weight is 440 g/mol. The third-order valence-corrected chi connectivity index (χ3v) is 6.51. The van der Waals surface area contributed by atoms with Crippen molar-refractivity contribution in [1.29, 1.82) is 0 Å². The molecule has 0 atom stereocenters. The van der Waals surface area contributed by atoms with Gasteiger partial charge < -0.3 is 15.1 Å². The summed E-state index contributed by atoms with van der Waals surface area (Å²) in [5.74, 6) is 1.54. The van der Waals surface area contributed by atoms with Crippen molar-refractivity contribution in [3.8, 4) is 0 Å². The number of nitrogens with zero attached hydrogens (tertiary/aromatic N) is 4. The lowest BCUT2D eigenvalue weighted by atomic mass is 10.1. The monoisotopic (exact) mass is 439 g/mol. The van der Waals surface area contributed by atoms with Crippen LogP contribution in [0.2, 0.25) is 5.15 Å². The number of anilines is 1. The van der Waals surface area contributed by atoms with Gasteiger partial charge in [-0.25, -0.2) is 9.97 Å². The Kier molecular flexibility index (Phi) is 8.41. The summed E-state index contributed by atoms with van der Waals surface area (Å²) < 4.78 is 0. The molecule has 0 radical (unpaired) electrons. The summed E-state index contributed by atoms with van der Waals surface area (Å²) in [6, 6.07) is 1.75. The smallest absolute Gasteiger partial charge is 0.230 e. The van der Waals surface area contributed by atoms with Crippen molar-refractivity contribution >= 4 is 41.0 Å². The number of halogens is 1. The van der Waals surface area contributed by atoms with Crippen molar-refractivity contribution in [2.75, 3.05) is 43.4 Å². The van der Waals surface area contributed by atoms with Crippen molar-refractivity contribution < 1.29 is 9.59 Å². The number of thioether (sulfide) groups is 1. The van der Waals surface area contributed by atoms with Gasteiger partial charge in [0.15, 0.2) is 5.16 Å². The molecule has 160 valence electrons. The third-order valence-electron chi connectivity index (χ3n) is 5.47. The van der Waals surface area contributed by atoms with Gasteiger partial charge in [0.25, 0.3) is 0 Å². The molecule has 1 saturated carbocycles. The second kappa shape index (κ2) is 11.0. The Morgan fingerprint density at radius 3 is 2.62 bits per heavy atom. The van der Waals surface area contributed by atoms with Crippen LogP contribution in [0.25, 0.3) is 0 Å². The number of carbonyl (C=O) groups excluding carboxylic acids is 2. The third kappa shape index (κ3) is 6.47. The summed E-state index contributed by atoms with van der Waals surface area (Å²) in [6.45, 7) is 5.66. The van der Waals surface area contributed by atoms with Crippen LogP contribution in [0.1, 0.15) is 45.4 Å². The summed E-state index contributed by atoms with van der Waals surface area (Å²) in [6.07, 6.45) is 6.44. The first kappa shape index (κ1) is 22.2. The maximum absolute atomic E-state index is 12.6. The van der Waals surface area contributed by atoms with E-state index < -0.39 is 0 Å². The molecule has 2 heterocycles. The molecular weight excluding hydrogens is 410 g/mol. The van der Waals surface area contributed by atoms with Gasteiger partial charge in [0.1, 0.15) is 11.0 Å². The lowest BCUT2D eigenvalue weighted by Crippen LogP contribution is -2.50. The zero-order valence-electron chi connectivity index (χ0n) is 17.0. The molecule has 0 spiro atoms. The number of carbonyl (C=O) groups is 2. The molecule has 2 fully saturated rings. The number of hydrogen-bond donors (Lipinski definition) is 1. The zero-order valence-corrected chi connectivity index (χ0v) is 18.6. The first-order valence-corrected chi connectivity index (χ1v) is 11.9. The van der Waals surface area contributed by atoms with Gasteiger partial charge in [0.2, 0.25) is 11.8 Å². The van der Waals surface area contributed by atoms with Crippen LogP contribution in [0.3, 0.4) is 0 Å². The van der Waals surface area contributed by atoms with Gasteiger partial charge in [-0.15, -0.1) is 0 Å². The number of rotatable bonds is 8. The Balaban J connectivity index is 1.52. The first-order chi connectivity index (χ1) is 14.1. The predicted molar refractivity (Wildman–Crippen MR) is 116 cm³/mol. The van der Waals surface area contributed by atoms with Gasteiger partial charge in [-0.05, 0) is 19.3 Å². The van der Waals surface area contributed by atoms with Crippen LogP contribution in [0.15, 0.2) is 11.2 Å². The van der Waals surface area contributed by atoms with E-state index in [4.69, 9.17) is 11.6 Å². The van der Waals surface area contributed by atoms with E-state index in [1.807, 2.05) is 4.90 Å². The molecule has 1 aliphatic carbocycles. The van der Waals surface area contributed by atoms with Crippen molar-refractivity contribution in [1.82, 2.24) is 20.2 Å².